The third-order valence-corrected chi connectivity index (χ3v) is 2.98. The van der Waals surface area contributed by atoms with Crippen LogP contribution in [0.3, 0.4) is 0 Å². The zero-order valence-corrected chi connectivity index (χ0v) is 10.3. The summed E-state index contributed by atoms with van der Waals surface area (Å²) in [5.41, 5.74) is 1.91. The van der Waals surface area contributed by atoms with Crippen molar-refractivity contribution in [2.75, 3.05) is 6.61 Å². The van der Waals surface area contributed by atoms with Crippen molar-refractivity contribution in [3.8, 4) is 0 Å². The molecule has 0 atom stereocenters. The van der Waals surface area contributed by atoms with Crippen LogP contribution in [0.4, 0.5) is 0 Å². The summed E-state index contributed by atoms with van der Waals surface area (Å²) in [6.45, 7) is 2.82. The molecule has 0 unspecified atom stereocenters. The van der Waals surface area contributed by atoms with Crippen LogP contribution < -0.4 is 0 Å². The third kappa shape index (κ3) is 2.36. The van der Waals surface area contributed by atoms with Gasteiger partial charge in [-0.05, 0) is 38.0 Å². The average molecular weight is 248 g/mol. The quantitative estimate of drug-likeness (QED) is 0.791. The maximum Gasteiger partial charge on any atom is 0.335 e. The van der Waals surface area contributed by atoms with E-state index in [1.807, 2.05) is 11.5 Å². The lowest BCUT2D eigenvalue weighted by atomic mass is 10.2. The van der Waals surface area contributed by atoms with Gasteiger partial charge in [0, 0.05) is 13.2 Å². The summed E-state index contributed by atoms with van der Waals surface area (Å²) in [7, 11) is 0. The van der Waals surface area contributed by atoms with Gasteiger partial charge in [0.25, 0.3) is 0 Å². The van der Waals surface area contributed by atoms with Gasteiger partial charge in [0.15, 0.2) is 0 Å². The van der Waals surface area contributed by atoms with E-state index >= 15 is 0 Å². The lowest BCUT2D eigenvalue weighted by Gasteiger charge is -2.06. The monoisotopic (exact) mass is 248 g/mol. The SMILES string of the molecule is Cc1nc2ccc(C(=O)O)cc2n1CCCCO. The fraction of sp³-hybridized carbons (Fsp3) is 0.385. The molecule has 2 rings (SSSR count). The number of aryl methyl sites for hydroxylation is 2. The summed E-state index contributed by atoms with van der Waals surface area (Å²) in [4.78, 5) is 15.4. The van der Waals surface area contributed by atoms with Crippen molar-refractivity contribution in [1.82, 2.24) is 9.55 Å². The molecule has 2 aromatic rings. The van der Waals surface area contributed by atoms with Crippen LogP contribution in [-0.2, 0) is 6.54 Å². The van der Waals surface area contributed by atoms with Crippen LogP contribution in [0.2, 0.25) is 0 Å². The number of aromatic nitrogens is 2. The number of unbranched alkanes of at least 4 members (excludes halogenated alkanes) is 1. The Hall–Kier alpha value is -1.88. The molecule has 0 saturated carbocycles. The Balaban J connectivity index is 2.40. The second-order valence-corrected chi connectivity index (χ2v) is 4.25. The molecule has 2 N–H and O–H groups in total. The Morgan fingerprint density at radius 1 is 1.39 bits per heavy atom. The number of aliphatic hydroxyl groups is 1. The lowest BCUT2D eigenvalue weighted by molar-refractivity contribution is 0.0697. The van der Waals surface area contributed by atoms with Crippen LogP contribution in [0.1, 0.15) is 29.0 Å². The molecule has 1 aromatic carbocycles. The number of fused-ring (bicyclic) bond motifs is 1. The van der Waals surface area contributed by atoms with E-state index in [2.05, 4.69) is 4.98 Å². The van der Waals surface area contributed by atoms with Crippen molar-refractivity contribution in [1.29, 1.82) is 0 Å². The van der Waals surface area contributed by atoms with E-state index in [9.17, 15) is 4.79 Å². The normalized spacial score (nSPS) is 11.0. The molecule has 0 fully saturated rings. The molecule has 1 aromatic heterocycles. The highest BCUT2D eigenvalue weighted by Crippen LogP contribution is 2.18. The minimum Gasteiger partial charge on any atom is -0.478 e. The molecule has 18 heavy (non-hydrogen) atoms. The van der Waals surface area contributed by atoms with E-state index in [4.69, 9.17) is 10.2 Å². The van der Waals surface area contributed by atoms with Crippen LogP contribution in [0.25, 0.3) is 11.0 Å². The molecule has 96 valence electrons. The molecule has 5 nitrogen and oxygen atoms in total. The highest BCUT2D eigenvalue weighted by Gasteiger charge is 2.10. The number of aliphatic hydroxyl groups excluding tert-OH is 1. The Morgan fingerprint density at radius 2 is 2.17 bits per heavy atom. The zero-order chi connectivity index (χ0) is 13.1. The van der Waals surface area contributed by atoms with E-state index in [-0.39, 0.29) is 12.2 Å². The number of nitrogens with zero attached hydrogens (tertiary/aromatic N) is 2. The molecule has 1 heterocycles. The van der Waals surface area contributed by atoms with Crippen LogP contribution in [-0.4, -0.2) is 32.3 Å². The highest BCUT2D eigenvalue weighted by molar-refractivity contribution is 5.92. The van der Waals surface area contributed by atoms with Gasteiger partial charge in [-0.3, -0.25) is 0 Å². The molecule has 0 saturated heterocycles. The van der Waals surface area contributed by atoms with Gasteiger partial charge in [0.2, 0.25) is 0 Å². The van der Waals surface area contributed by atoms with E-state index < -0.39 is 5.97 Å². The van der Waals surface area contributed by atoms with Gasteiger partial charge >= 0.3 is 5.97 Å². The first-order chi connectivity index (χ1) is 8.63. The summed E-state index contributed by atoms with van der Waals surface area (Å²) >= 11 is 0. The third-order valence-electron chi connectivity index (χ3n) is 2.98. The van der Waals surface area contributed by atoms with E-state index in [1.54, 1.807) is 18.2 Å². The maximum absolute atomic E-state index is 11.0. The van der Waals surface area contributed by atoms with E-state index in [1.165, 1.54) is 0 Å². The number of imidazole rings is 1. The number of carbonyl (C=O) groups is 1. The lowest BCUT2D eigenvalue weighted by Crippen LogP contribution is -2.02. The molecule has 5 heteroatoms. The van der Waals surface area contributed by atoms with Crippen LogP contribution >= 0.6 is 0 Å². The second-order valence-electron chi connectivity index (χ2n) is 4.25. The van der Waals surface area contributed by atoms with E-state index in [0.29, 0.717) is 0 Å². The molecular weight excluding hydrogens is 232 g/mol. The summed E-state index contributed by atoms with van der Waals surface area (Å²) in [6.07, 6.45) is 1.58. The zero-order valence-electron chi connectivity index (χ0n) is 10.3. The first kappa shape index (κ1) is 12.6. The van der Waals surface area contributed by atoms with Crippen LogP contribution in [0.15, 0.2) is 18.2 Å². The predicted molar refractivity (Wildman–Crippen MR) is 67.7 cm³/mol. The minimum atomic E-state index is -0.933. The Kier molecular flexibility index (Phi) is 3.62. The number of rotatable bonds is 5. The van der Waals surface area contributed by atoms with Gasteiger partial charge in [-0.15, -0.1) is 0 Å². The van der Waals surface area contributed by atoms with Gasteiger partial charge in [-0.1, -0.05) is 0 Å². The summed E-state index contributed by atoms with van der Waals surface area (Å²) < 4.78 is 2.00. The summed E-state index contributed by atoms with van der Waals surface area (Å²) in [6, 6.07) is 4.94. The number of carboxylic acid groups (broad SMARTS) is 1. The summed E-state index contributed by atoms with van der Waals surface area (Å²) in [5.74, 6) is -0.0665. The second kappa shape index (κ2) is 5.18. The molecule has 0 aliphatic carbocycles. The highest BCUT2D eigenvalue weighted by atomic mass is 16.4. The van der Waals surface area contributed by atoms with Crippen molar-refractivity contribution in [2.45, 2.75) is 26.3 Å². The van der Waals surface area contributed by atoms with Gasteiger partial charge in [-0.25, -0.2) is 9.78 Å². The number of aromatic carboxylic acids is 1. The molecule has 0 aliphatic heterocycles. The molecule has 0 bridgehead atoms. The van der Waals surface area contributed by atoms with Crippen LogP contribution in [0, 0.1) is 6.92 Å². The average Bonchev–Trinajstić information content (AvgIpc) is 2.65. The smallest absolute Gasteiger partial charge is 0.335 e. The molecule has 0 radical (unpaired) electrons. The van der Waals surface area contributed by atoms with Crippen molar-refractivity contribution >= 4 is 17.0 Å². The number of carboxylic acids is 1. The van der Waals surface area contributed by atoms with Gasteiger partial charge in [0.05, 0.1) is 16.6 Å². The fourth-order valence-electron chi connectivity index (χ4n) is 2.04. The first-order valence-corrected chi connectivity index (χ1v) is 5.94. The topological polar surface area (TPSA) is 75.3 Å². The first-order valence-electron chi connectivity index (χ1n) is 5.94. The van der Waals surface area contributed by atoms with Gasteiger partial charge in [-0.2, -0.15) is 0 Å². The number of hydrogen-bond donors (Lipinski definition) is 2. The molecule has 0 aliphatic rings. The van der Waals surface area contributed by atoms with Crippen molar-refractivity contribution in [3.63, 3.8) is 0 Å². The Labute approximate surface area is 105 Å². The van der Waals surface area contributed by atoms with Gasteiger partial charge < -0.3 is 14.8 Å². The molecule has 0 spiro atoms. The predicted octanol–water partition coefficient (Wildman–Crippen LogP) is 1.82. The van der Waals surface area contributed by atoms with Gasteiger partial charge in [0.1, 0.15) is 5.82 Å². The van der Waals surface area contributed by atoms with Crippen molar-refractivity contribution < 1.29 is 15.0 Å². The number of hydrogen-bond acceptors (Lipinski definition) is 3. The van der Waals surface area contributed by atoms with Crippen LogP contribution in [0.5, 0.6) is 0 Å². The fourth-order valence-corrected chi connectivity index (χ4v) is 2.04. The van der Waals surface area contributed by atoms with E-state index in [0.717, 1.165) is 36.2 Å². The molecule has 0 amide bonds. The van der Waals surface area contributed by atoms with Crippen molar-refractivity contribution in [3.05, 3.63) is 29.6 Å². The van der Waals surface area contributed by atoms with Crippen molar-refractivity contribution in [2.24, 2.45) is 0 Å². The summed E-state index contributed by atoms with van der Waals surface area (Å²) in [5, 5.41) is 17.8. The Morgan fingerprint density at radius 3 is 2.83 bits per heavy atom. The minimum absolute atomic E-state index is 0.173. The maximum atomic E-state index is 11.0. The standard InChI is InChI=1S/C13H16N2O3/c1-9-14-11-5-4-10(13(17)18)8-12(11)15(9)6-2-3-7-16/h4-5,8,16H,2-3,6-7H2,1H3,(H,17,18). The molecular formula is C13H16N2O3. The largest absolute Gasteiger partial charge is 0.478 e. The Bertz CT molecular complexity index is 575. The number of benzene rings is 1.